The largest absolute Gasteiger partial charge is 0.444 e. The van der Waals surface area contributed by atoms with E-state index in [9.17, 15) is 4.79 Å². The molecule has 0 radical (unpaired) electrons. The molecule has 0 spiro atoms. The first kappa shape index (κ1) is 14.9. The number of ether oxygens (including phenoxy) is 1. The molecule has 1 atom stereocenters. The maximum atomic E-state index is 12.3. The molecule has 1 saturated heterocycles. The quantitative estimate of drug-likeness (QED) is 0.854. The van der Waals surface area contributed by atoms with Gasteiger partial charge in [0.05, 0.1) is 0 Å². The summed E-state index contributed by atoms with van der Waals surface area (Å²) in [6.07, 6.45) is 1.92. The first-order valence-corrected chi connectivity index (χ1v) is 7.98. The number of para-hydroxylation sites is 1. The van der Waals surface area contributed by atoms with Crippen LogP contribution in [0.3, 0.4) is 0 Å². The van der Waals surface area contributed by atoms with Gasteiger partial charge >= 0.3 is 6.09 Å². The number of piperidine rings is 1. The van der Waals surface area contributed by atoms with Gasteiger partial charge in [-0.15, -0.1) is 0 Å². The van der Waals surface area contributed by atoms with Crippen molar-refractivity contribution in [2.45, 2.75) is 45.1 Å². The molecule has 1 aliphatic rings. The molecule has 1 amide bonds. The second-order valence-electron chi connectivity index (χ2n) is 7.08. The topological polar surface area (TPSA) is 45.3 Å². The summed E-state index contributed by atoms with van der Waals surface area (Å²) < 4.78 is 5.50. The average molecular weight is 300 g/mol. The smallest absolute Gasteiger partial charge is 0.410 e. The number of likely N-dealkylation sites (tertiary alicyclic amines) is 1. The predicted molar refractivity (Wildman–Crippen MR) is 88.1 cm³/mol. The Morgan fingerprint density at radius 3 is 2.82 bits per heavy atom. The Morgan fingerprint density at radius 2 is 2.09 bits per heavy atom. The van der Waals surface area contributed by atoms with Crippen molar-refractivity contribution in [2.75, 3.05) is 13.1 Å². The van der Waals surface area contributed by atoms with E-state index in [4.69, 9.17) is 4.74 Å². The maximum Gasteiger partial charge on any atom is 0.410 e. The number of carbonyl (C=O) groups excluding carboxylic acids is 1. The number of hydrogen-bond acceptors (Lipinski definition) is 2. The van der Waals surface area contributed by atoms with Gasteiger partial charge in [-0.2, -0.15) is 0 Å². The Kier molecular flexibility index (Phi) is 3.85. The van der Waals surface area contributed by atoms with Crippen LogP contribution in [-0.2, 0) is 4.74 Å². The summed E-state index contributed by atoms with van der Waals surface area (Å²) in [6, 6.07) is 10.5. The summed E-state index contributed by atoms with van der Waals surface area (Å²) in [5, 5.41) is 1.23. The lowest BCUT2D eigenvalue weighted by Gasteiger charge is -2.33. The highest BCUT2D eigenvalue weighted by Gasteiger charge is 2.28. The van der Waals surface area contributed by atoms with Crippen molar-refractivity contribution < 1.29 is 9.53 Å². The second kappa shape index (κ2) is 5.67. The molecule has 1 N–H and O–H groups in total. The number of benzene rings is 1. The van der Waals surface area contributed by atoms with Gasteiger partial charge in [-0.05, 0) is 51.1 Å². The third-order valence-corrected chi connectivity index (χ3v) is 4.06. The number of fused-ring (bicyclic) bond motifs is 1. The molecule has 1 aromatic heterocycles. The molecule has 0 aliphatic carbocycles. The number of nitrogens with zero attached hydrogens (tertiary/aromatic N) is 1. The van der Waals surface area contributed by atoms with Crippen molar-refractivity contribution >= 4 is 17.0 Å². The summed E-state index contributed by atoms with van der Waals surface area (Å²) >= 11 is 0. The molecular formula is C18H24N2O2. The molecule has 2 aromatic rings. The normalized spacial score (nSPS) is 19.4. The molecule has 0 unspecified atom stereocenters. The minimum Gasteiger partial charge on any atom is -0.444 e. The SMILES string of the molecule is CC(C)(C)OC(=O)N1CCC[C@@H](c2cc3ccccc3[nH]2)C1. The van der Waals surface area contributed by atoms with E-state index in [1.807, 2.05) is 37.8 Å². The van der Waals surface area contributed by atoms with Crippen LogP contribution in [0.4, 0.5) is 4.79 Å². The zero-order valence-corrected chi connectivity index (χ0v) is 13.6. The van der Waals surface area contributed by atoms with E-state index >= 15 is 0 Å². The van der Waals surface area contributed by atoms with E-state index < -0.39 is 5.60 Å². The molecular weight excluding hydrogens is 276 g/mol. The van der Waals surface area contributed by atoms with Crippen molar-refractivity contribution in [3.8, 4) is 0 Å². The van der Waals surface area contributed by atoms with Gasteiger partial charge in [-0.3, -0.25) is 0 Å². The van der Waals surface area contributed by atoms with E-state index in [1.54, 1.807) is 0 Å². The van der Waals surface area contributed by atoms with Crippen molar-refractivity contribution in [3.63, 3.8) is 0 Å². The zero-order valence-electron chi connectivity index (χ0n) is 13.6. The highest BCUT2D eigenvalue weighted by atomic mass is 16.6. The average Bonchev–Trinajstić information content (AvgIpc) is 2.89. The lowest BCUT2D eigenvalue weighted by atomic mass is 9.95. The molecule has 2 heterocycles. The number of aromatic nitrogens is 1. The molecule has 3 rings (SSSR count). The maximum absolute atomic E-state index is 12.3. The monoisotopic (exact) mass is 300 g/mol. The summed E-state index contributed by atoms with van der Waals surface area (Å²) in [6.45, 7) is 7.23. The van der Waals surface area contributed by atoms with E-state index in [0.29, 0.717) is 5.92 Å². The minimum atomic E-state index is -0.439. The van der Waals surface area contributed by atoms with Crippen LogP contribution in [0.1, 0.15) is 45.2 Å². The van der Waals surface area contributed by atoms with E-state index in [1.165, 1.54) is 11.1 Å². The first-order valence-electron chi connectivity index (χ1n) is 7.98. The van der Waals surface area contributed by atoms with Crippen LogP contribution >= 0.6 is 0 Å². The van der Waals surface area contributed by atoms with Gasteiger partial charge in [0, 0.05) is 30.2 Å². The number of H-pyrrole nitrogens is 1. The molecule has 0 saturated carbocycles. The van der Waals surface area contributed by atoms with Gasteiger partial charge in [0.2, 0.25) is 0 Å². The van der Waals surface area contributed by atoms with Gasteiger partial charge in [0.25, 0.3) is 0 Å². The number of carbonyl (C=O) groups is 1. The van der Waals surface area contributed by atoms with Crippen LogP contribution in [0.5, 0.6) is 0 Å². The molecule has 1 aromatic carbocycles. The number of hydrogen-bond donors (Lipinski definition) is 1. The number of amides is 1. The van der Waals surface area contributed by atoms with Crippen LogP contribution in [0, 0.1) is 0 Å². The predicted octanol–water partition coefficient (Wildman–Crippen LogP) is 4.28. The van der Waals surface area contributed by atoms with Crippen LogP contribution in [0.25, 0.3) is 10.9 Å². The number of rotatable bonds is 1. The molecule has 0 bridgehead atoms. The molecule has 4 nitrogen and oxygen atoms in total. The van der Waals surface area contributed by atoms with Gasteiger partial charge in [-0.25, -0.2) is 4.79 Å². The third-order valence-electron chi connectivity index (χ3n) is 4.06. The fourth-order valence-corrected chi connectivity index (χ4v) is 3.04. The summed E-state index contributed by atoms with van der Waals surface area (Å²) in [5.74, 6) is 0.355. The van der Waals surface area contributed by atoms with Crippen LogP contribution < -0.4 is 0 Å². The number of aromatic amines is 1. The summed E-state index contributed by atoms with van der Waals surface area (Å²) in [7, 11) is 0. The minimum absolute atomic E-state index is 0.201. The van der Waals surface area contributed by atoms with Gasteiger partial charge < -0.3 is 14.6 Å². The van der Waals surface area contributed by atoms with Crippen LogP contribution in [0.2, 0.25) is 0 Å². The van der Waals surface area contributed by atoms with Crippen molar-refractivity contribution in [2.24, 2.45) is 0 Å². The summed E-state index contributed by atoms with van der Waals surface area (Å²) in [5.41, 5.74) is 1.94. The third kappa shape index (κ3) is 3.26. The molecule has 1 fully saturated rings. The Labute approximate surface area is 131 Å². The molecule has 22 heavy (non-hydrogen) atoms. The zero-order chi connectivity index (χ0) is 15.7. The van der Waals surface area contributed by atoms with Crippen molar-refractivity contribution in [3.05, 3.63) is 36.0 Å². The Balaban J connectivity index is 1.74. The fraction of sp³-hybridized carbons (Fsp3) is 0.500. The van der Waals surface area contributed by atoms with E-state index in [-0.39, 0.29) is 6.09 Å². The van der Waals surface area contributed by atoms with Crippen molar-refractivity contribution in [1.29, 1.82) is 0 Å². The van der Waals surface area contributed by atoms with Gasteiger partial charge in [0.15, 0.2) is 0 Å². The molecule has 4 heteroatoms. The highest BCUT2D eigenvalue weighted by molar-refractivity contribution is 5.80. The van der Waals surface area contributed by atoms with E-state index in [2.05, 4.69) is 23.2 Å². The molecule has 1 aliphatic heterocycles. The van der Waals surface area contributed by atoms with Crippen molar-refractivity contribution in [1.82, 2.24) is 9.88 Å². The van der Waals surface area contributed by atoms with Gasteiger partial charge in [-0.1, -0.05) is 18.2 Å². The van der Waals surface area contributed by atoms with Gasteiger partial charge in [0.1, 0.15) is 5.60 Å². The Hall–Kier alpha value is -1.97. The van der Waals surface area contributed by atoms with E-state index in [0.717, 1.165) is 31.4 Å². The Morgan fingerprint density at radius 1 is 1.32 bits per heavy atom. The van der Waals surface area contributed by atoms with Crippen LogP contribution in [-0.4, -0.2) is 34.7 Å². The standard InChI is InChI=1S/C18H24N2O2/c1-18(2,3)22-17(21)20-10-6-8-14(12-20)16-11-13-7-4-5-9-15(13)19-16/h4-5,7,9,11,14,19H,6,8,10,12H2,1-3H3/t14-/m1/s1. The molecule has 118 valence electrons. The number of nitrogens with one attached hydrogen (secondary N) is 1. The highest BCUT2D eigenvalue weighted by Crippen LogP contribution is 2.29. The fourth-order valence-electron chi connectivity index (χ4n) is 3.04. The first-order chi connectivity index (χ1) is 10.4. The lowest BCUT2D eigenvalue weighted by Crippen LogP contribution is -2.42. The lowest BCUT2D eigenvalue weighted by molar-refractivity contribution is 0.0197. The van der Waals surface area contributed by atoms with Crippen LogP contribution in [0.15, 0.2) is 30.3 Å². The summed E-state index contributed by atoms with van der Waals surface area (Å²) in [4.78, 5) is 17.6. The second-order valence-corrected chi connectivity index (χ2v) is 7.08. The Bertz CT molecular complexity index is 636.